The van der Waals surface area contributed by atoms with E-state index >= 15 is 0 Å². The maximum atomic E-state index is 12.1. The van der Waals surface area contributed by atoms with E-state index in [2.05, 4.69) is 15.3 Å². The van der Waals surface area contributed by atoms with Gasteiger partial charge in [0.2, 0.25) is 11.8 Å². The number of nitrogens with two attached hydrogens (primary N) is 1. The molecular weight excluding hydrogens is 310 g/mol. The third kappa shape index (κ3) is 3.22. The maximum Gasteiger partial charge on any atom is 0.274 e. The van der Waals surface area contributed by atoms with Crippen LogP contribution in [-0.2, 0) is 4.79 Å². The van der Waals surface area contributed by atoms with E-state index in [1.807, 2.05) is 0 Å². The number of anilines is 1. The van der Waals surface area contributed by atoms with Crippen molar-refractivity contribution in [3.63, 3.8) is 0 Å². The number of carbonyl (C=O) groups excluding carboxylic acids is 3. The zero-order chi connectivity index (χ0) is 17.1. The van der Waals surface area contributed by atoms with Gasteiger partial charge in [-0.1, -0.05) is 0 Å². The van der Waals surface area contributed by atoms with E-state index in [4.69, 9.17) is 5.73 Å². The SMILES string of the molecule is NC(=O)c1ccc(NC(=O)C2CN(C(=O)c3cnccn3)C2)cc1. The summed E-state index contributed by atoms with van der Waals surface area (Å²) >= 11 is 0. The Morgan fingerprint density at radius 3 is 2.42 bits per heavy atom. The van der Waals surface area contributed by atoms with Gasteiger partial charge in [-0.15, -0.1) is 0 Å². The summed E-state index contributed by atoms with van der Waals surface area (Å²) in [6, 6.07) is 6.31. The zero-order valence-corrected chi connectivity index (χ0v) is 12.7. The highest BCUT2D eigenvalue weighted by atomic mass is 16.2. The quantitative estimate of drug-likeness (QED) is 0.837. The Hall–Kier alpha value is -3.29. The largest absolute Gasteiger partial charge is 0.366 e. The molecule has 3 N–H and O–H groups in total. The predicted octanol–water partition coefficient (Wildman–Crippen LogP) is 0.286. The van der Waals surface area contributed by atoms with E-state index in [1.54, 1.807) is 29.2 Å². The molecule has 3 amide bonds. The van der Waals surface area contributed by atoms with Gasteiger partial charge in [-0.05, 0) is 24.3 Å². The van der Waals surface area contributed by atoms with Crippen molar-refractivity contribution in [3.05, 3.63) is 54.1 Å². The van der Waals surface area contributed by atoms with Crippen molar-refractivity contribution >= 4 is 23.4 Å². The number of aromatic nitrogens is 2. The van der Waals surface area contributed by atoms with Gasteiger partial charge in [-0.3, -0.25) is 19.4 Å². The van der Waals surface area contributed by atoms with Crippen molar-refractivity contribution in [2.45, 2.75) is 0 Å². The van der Waals surface area contributed by atoms with Crippen molar-refractivity contribution in [3.8, 4) is 0 Å². The fourth-order valence-corrected chi connectivity index (χ4v) is 2.34. The molecule has 1 aromatic carbocycles. The first kappa shape index (κ1) is 15.6. The molecule has 122 valence electrons. The number of nitrogens with zero attached hydrogens (tertiary/aromatic N) is 3. The second-order valence-electron chi connectivity index (χ2n) is 5.43. The predicted molar refractivity (Wildman–Crippen MR) is 85.0 cm³/mol. The molecule has 1 fully saturated rings. The molecule has 1 saturated heterocycles. The molecule has 0 spiro atoms. The van der Waals surface area contributed by atoms with E-state index in [9.17, 15) is 14.4 Å². The van der Waals surface area contributed by atoms with Crippen LogP contribution < -0.4 is 11.1 Å². The second kappa shape index (κ2) is 6.45. The van der Waals surface area contributed by atoms with Crippen LogP contribution in [0.3, 0.4) is 0 Å². The van der Waals surface area contributed by atoms with Crippen molar-refractivity contribution < 1.29 is 14.4 Å². The van der Waals surface area contributed by atoms with Gasteiger partial charge in [0.05, 0.1) is 12.1 Å². The normalized spacial score (nSPS) is 13.9. The monoisotopic (exact) mass is 325 g/mol. The minimum Gasteiger partial charge on any atom is -0.366 e. The van der Waals surface area contributed by atoms with E-state index in [0.717, 1.165) is 0 Å². The average molecular weight is 325 g/mol. The smallest absolute Gasteiger partial charge is 0.274 e. The first-order valence-electron chi connectivity index (χ1n) is 7.30. The van der Waals surface area contributed by atoms with Crippen LogP contribution in [0.15, 0.2) is 42.9 Å². The highest BCUT2D eigenvalue weighted by molar-refractivity contribution is 5.98. The Balaban J connectivity index is 1.53. The Morgan fingerprint density at radius 2 is 1.83 bits per heavy atom. The number of hydrogen-bond donors (Lipinski definition) is 2. The summed E-state index contributed by atoms with van der Waals surface area (Å²) in [6.07, 6.45) is 4.34. The number of likely N-dealkylation sites (tertiary alicyclic amines) is 1. The Kier molecular flexibility index (Phi) is 4.19. The van der Waals surface area contributed by atoms with Crippen LogP contribution in [0.5, 0.6) is 0 Å². The maximum absolute atomic E-state index is 12.1. The van der Waals surface area contributed by atoms with Crippen LogP contribution in [0.1, 0.15) is 20.8 Å². The average Bonchev–Trinajstić information content (AvgIpc) is 2.54. The van der Waals surface area contributed by atoms with Gasteiger partial charge < -0.3 is 16.0 Å². The molecule has 1 aliphatic heterocycles. The molecule has 8 heteroatoms. The summed E-state index contributed by atoms with van der Waals surface area (Å²) in [7, 11) is 0. The highest BCUT2D eigenvalue weighted by Gasteiger charge is 2.36. The number of benzene rings is 1. The summed E-state index contributed by atoms with van der Waals surface area (Å²) in [5.74, 6) is -1.21. The van der Waals surface area contributed by atoms with Crippen molar-refractivity contribution in [2.75, 3.05) is 18.4 Å². The van der Waals surface area contributed by atoms with Crippen molar-refractivity contribution in [2.24, 2.45) is 11.7 Å². The first-order chi connectivity index (χ1) is 11.5. The molecular formula is C16H15N5O3. The van der Waals surface area contributed by atoms with Crippen molar-refractivity contribution in [1.29, 1.82) is 0 Å². The number of rotatable bonds is 4. The summed E-state index contributed by atoms with van der Waals surface area (Å²) in [4.78, 5) is 44.6. The van der Waals surface area contributed by atoms with Gasteiger partial charge in [-0.25, -0.2) is 4.98 Å². The highest BCUT2D eigenvalue weighted by Crippen LogP contribution is 2.20. The lowest BCUT2D eigenvalue weighted by atomic mass is 9.98. The van der Waals surface area contributed by atoms with Crippen LogP contribution in [0.4, 0.5) is 5.69 Å². The standard InChI is InChI=1S/C16H15N5O3/c17-14(22)10-1-3-12(4-2-10)20-15(23)11-8-21(9-11)16(24)13-7-18-5-6-19-13/h1-7,11H,8-9H2,(H2,17,22)(H,20,23). The van der Waals surface area contributed by atoms with Crippen LogP contribution in [0.25, 0.3) is 0 Å². The molecule has 0 unspecified atom stereocenters. The lowest BCUT2D eigenvalue weighted by Gasteiger charge is -2.37. The molecule has 0 saturated carbocycles. The Bertz CT molecular complexity index is 770. The fourth-order valence-electron chi connectivity index (χ4n) is 2.34. The van der Waals surface area contributed by atoms with Gasteiger partial charge in [-0.2, -0.15) is 0 Å². The number of hydrogen-bond acceptors (Lipinski definition) is 5. The van der Waals surface area contributed by atoms with Gasteiger partial charge in [0.1, 0.15) is 5.69 Å². The van der Waals surface area contributed by atoms with Crippen LogP contribution in [-0.4, -0.2) is 45.7 Å². The van der Waals surface area contributed by atoms with Gasteiger partial charge in [0.25, 0.3) is 5.91 Å². The summed E-state index contributed by atoms with van der Waals surface area (Å²) in [5.41, 5.74) is 6.37. The topological polar surface area (TPSA) is 118 Å². The molecule has 2 aromatic rings. The third-order valence-electron chi connectivity index (χ3n) is 3.76. The first-order valence-corrected chi connectivity index (χ1v) is 7.30. The zero-order valence-electron chi connectivity index (χ0n) is 12.7. The molecule has 0 aliphatic carbocycles. The molecule has 3 rings (SSSR count). The number of amides is 3. The molecule has 8 nitrogen and oxygen atoms in total. The van der Waals surface area contributed by atoms with Gasteiger partial charge in [0.15, 0.2) is 0 Å². The Morgan fingerprint density at radius 1 is 1.12 bits per heavy atom. The number of primary amides is 1. The minimum atomic E-state index is -0.523. The number of carbonyl (C=O) groups is 3. The van der Waals surface area contributed by atoms with Crippen molar-refractivity contribution in [1.82, 2.24) is 14.9 Å². The van der Waals surface area contributed by atoms with Crippen LogP contribution >= 0.6 is 0 Å². The third-order valence-corrected chi connectivity index (χ3v) is 3.76. The molecule has 2 heterocycles. The van der Waals surface area contributed by atoms with E-state index in [-0.39, 0.29) is 23.4 Å². The molecule has 0 bridgehead atoms. The molecule has 1 aliphatic rings. The lowest BCUT2D eigenvalue weighted by Crippen LogP contribution is -2.54. The summed E-state index contributed by atoms with van der Waals surface area (Å²) < 4.78 is 0. The van der Waals surface area contributed by atoms with E-state index in [0.29, 0.717) is 24.3 Å². The van der Waals surface area contributed by atoms with E-state index in [1.165, 1.54) is 18.6 Å². The van der Waals surface area contributed by atoms with Gasteiger partial charge >= 0.3 is 0 Å². The van der Waals surface area contributed by atoms with Crippen LogP contribution in [0.2, 0.25) is 0 Å². The van der Waals surface area contributed by atoms with Crippen LogP contribution in [0, 0.1) is 5.92 Å². The second-order valence-corrected chi connectivity index (χ2v) is 5.43. The summed E-state index contributed by atoms with van der Waals surface area (Å²) in [6.45, 7) is 0.668. The molecule has 0 radical (unpaired) electrons. The fraction of sp³-hybridized carbons (Fsp3) is 0.188. The minimum absolute atomic E-state index is 0.176. The van der Waals surface area contributed by atoms with Gasteiger partial charge in [0, 0.05) is 36.7 Å². The lowest BCUT2D eigenvalue weighted by molar-refractivity contribution is -0.123. The number of nitrogens with one attached hydrogen (secondary N) is 1. The molecule has 0 atom stereocenters. The molecule has 1 aromatic heterocycles. The Labute approximate surface area is 137 Å². The van der Waals surface area contributed by atoms with E-state index < -0.39 is 5.91 Å². The molecule has 24 heavy (non-hydrogen) atoms. The summed E-state index contributed by atoms with van der Waals surface area (Å²) in [5, 5.41) is 2.75.